The van der Waals surface area contributed by atoms with E-state index >= 15 is 0 Å². The van der Waals surface area contributed by atoms with Gasteiger partial charge < -0.3 is 10.0 Å². The van der Waals surface area contributed by atoms with E-state index in [-0.39, 0.29) is 5.41 Å². The molecule has 100 valence electrons. The van der Waals surface area contributed by atoms with Gasteiger partial charge >= 0.3 is 0 Å². The highest BCUT2D eigenvalue weighted by Gasteiger charge is 2.36. The lowest BCUT2D eigenvalue weighted by Crippen LogP contribution is -2.49. The van der Waals surface area contributed by atoms with Crippen molar-refractivity contribution in [1.29, 1.82) is 0 Å². The summed E-state index contributed by atoms with van der Waals surface area (Å²) < 4.78 is 0.392. The van der Waals surface area contributed by atoms with Gasteiger partial charge in [-0.25, -0.2) is 0 Å². The van der Waals surface area contributed by atoms with Crippen LogP contribution < -0.4 is 0 Å². The van der Waals surface area contributed by atoms with Crippen LogP contribution in [0, 0.1) is 5.41 Å². The molecule has 2 nitrogen and oxygen atoms in total. The van der Waals surface area contributed by atoms with Gasteiger partial charge in [0, 0.05) is 42.2 Å². The molecule has 0 bridgehead atoms. The fourth-order valence-corrected chi connectivity index (χ4v) is 4.57. The molecule has 3 heteroatoms. The smallest absolute Gasteiger partial charge is 0.0499 e. The molecule has 0 radical (unpaired) electrons. The zero-order chi connectivity index (χ0) is 12.4. The predicted octanol–water partition coefficient (Wildman–Crippen LogP) is 2.76. The van der Waals surface area contributed by atoms with Crippen molar-refractivity contribution in [3.8, 4) is 0 Å². The van der Waals surface area contributed by atoms with E-state index in [1.165, 1.54) is 50.9 Å². The molecule has 0 spiro atoms. The second kappa shape index (κ2) is 5.50. The van der Waals surface area contributed by atoms with Crippen LogP contribution in [0.15, 0.2) is 0 Å². The van der Waals surface area contributed by atoms with E-state index < -0.39 is 0 Å². The first-order valence-electron chi connectivity index (χ1n) is 7.03. The summed E-state index contributed by atoms with van der Waals surface area (Å²) in [6, 6.07) is 0. The van der Waals surface area contributed by atoms with Crippen molar-refractivity contribution >= 4 is 11.8 Å². The summed E-state index contributed by atoms with van der Waals surface area (Å²) in [5, 5.41) is 9.77. The zero-order valence-electron chi connectivity index (χ0n) is 11.4. The van der Waals surface area contributed by atoms with Crippen LogP contribution in [-0.2, 0) is 0 Å². The molecule has 2 aliphatic rings. The Hall–Kier alpha value is 0.270. The van der Waals surface area contributed by atoms with Gasteiger partial charge in [0.25, 0.3) is 0 Å². The van der Waals surface area contributed by atoms with E-state index in [9.17, 15) is 5.11 Å². The van der Waals surface area contributed by atoms with Gasteiger partial charge in [-0.2, -0.15) is 11.8 Å². The molecule has 1 N–H and O–H groups in total. The van der Waals surface area contributed by atoms with Crippen molar-refractivity contribution in [1.82, 2.24) is 4.90 Å². The average Bonchev–Trinajstić information content (AvgIpc) is 2.29. The maximum Gasteiger partial charge on any atom is 0.0499 e. The quantitative estimate of drug-likeness (QED) is 0.841. The third kappa shape index (κ3) is 3.62. The summed E-state index contributed by atoms with van der Waals surface area (Å²) in [7, 11) is 0. The highest BCUT2D eigenvalue weighted by Crippen LogP contribution is 2.38. The number of aliphatic hydroxyl groups excluding tert-OH is 1. The molecule has 0 aromatic heterocycles. The maximum absolute atomic E-state index is 9.77. The molecule has 17 heavy (non-hydrogen) atoms. The SMILES string of the molecule is CC1(C)CN(CC2(CO)CCCCC2)CCS1. The summed E-state index contributed by atoms with van der Waals surface area (Å²) in [5.41, 5.74) is 0.219. The number of nitrogens with zero attached hydrogens (tertiary/aromatic N) is 1. The van der Waals surface area contributed by atoms with Crippen LogP contribution >= 0.6 is 11.8 Å². The Bertz CT molecular complexity index is 249. The molecule has 0 aromatic carbocycles. The molecular formula is C14H27NOS. The number of thioether (sulfide) groups is 1. The van der Waals surface area contributed by atoms with Crippen LogP contribution in [0.1, 0.15) is 46.0 Å². The number of hydrogen-bond acceptors (Lipinski definition) is 3. The van der Waals surface area contributed by atoms with Crippen LogP contribution in [0.2, 0.25) is 0 Å². The van der Waals surface area contributed by atoms with Crippen molar-refractivity contribution in [3.63, 3.8) is 0 Å². The highest BCUT2D eigenvalue weighted by molar-refractivity contribution is 8.00. The summed E-state index contributed by atoms with van der Waals surface area (Å²) >= 11 is 2.09. The predicted molar refractivity (Wildman–Crippen MR) is 75.6 cm³/mol. The summed E-state index contributed by atoms with van der Waals surface area (Å²) in [6.45, 7) is 8.58. The van der Waals surface area contributed by atoms with Crippen molar-refractivity contribution in [3.05, 3.63) is 0 Å². The van der Waals surface area contributed by atoms with Crippen molar-refractivity contribution in [2.24, 2.45) is 5.41 Å². The van der Waals surface area contributed by atoms with Crippen LogP contribution in [0.5, 0.6) is 0 Å². The standard InChI is InChI=1S/C14H27NOS/c1-13(2)10-15(8-9-17-13)11-14(12-16)6-4-3-5-7-14/h16H,3-12H2,1-2H3. The van der Waals surface area contributed by atoms with Gasteiger partial charge in [0.05, 0.1) is 0 Å². The van der Waals surface area contributed by atoms with E-state index in [0.717, 1.165) is 6.54 Å². The lowest BCUT2D eigenvalue weighted by molar-refractivity contribution is 0.0390. The third-order valence-electron chi connectivity index (χ3n) is 4.31. The Labute approximate surface area is 110 Å². The molecular weight excluding hydrogens is 230 g/mol. The Balaban J connectivity index is 1.93. The molecule has 1 aliphatic heterocycles. The van der Waals surface area contributed by atoms with Crippen molar-refractivity contribution in [2.45, 2.75) is 50.7 Å². The first-order valence-corrected chi connectivity index (χ1v) is 8.01. The van der Waals surface area contributed by atoms with Crippen LogP contribution in [-0.4, -0.2) is 46.7 Å². The number of aliphatic hydroxyl groups is 1. The van der Waals surface area contributed by atoms with Gasteiger partial charge in [-0.15, -0.1) is 0 Å². The summed E-state index contributed by atoms with van der Waals surface area (Å²) in [5.74, 6) is 1.24. The molecule has 1 saturated carbocycles. The second-order valence-corrected chi connectivity index (χ2v) is 8.34. The van der Waals surface area contributed by atoms with E-state index in [4.69, 9.17) is 0 Å². The first-order chi connectivity index (χ1) is 8.05. The Morgan fingerprint density at radius 2 is 1.88 bits per heavy atom. The van der Waals surface area contributed by atoms with Crippen LogP contribution in [0.4, 0.5) is 0 Å². The minimum absolute atomic E-state index is 0.219. The number of rotatable bonds is 3. The van der Waals surface area contributed by atoms with E-state index in [1.54, 1.807) is 0 Å². The molecule has 0 aromatic rings. The molecule has 1 saturated heterocycles. The van der Waals surface area contributed by atoms with E-state index in [1.807, 2.05) is 0 Å². The fourth-order valence-electron chi connectivity index (χ4n) is 3.39. The van der Waals surface area contributed by atoms with Gasteiger partial charge in [0.1, 0.15) is 0 Å². The fraction of sp³-hybridized carbons (Fsp3) is 1.00. The summed E-state index contributed by atoms with van der Waals surface area (Å²) in [6.07, 6.45) is 6.45. The largest absolute Gasteiger partial charge is 0.396 e. The monoisotopic (exact) mass is 257 g/mol. The molecule has 0 amide bonds. The van der Waals surface area contributed by atoms with Crippen LogP contribution in [0.25, 0.3) is 0 Å². The number of hydrogen-bond donors (Lipinski definition) is 1. The Morgan fingerprint density at radius 1 is 1.18 bits per heavy atom. The van der Waals surface area contributed by atoms with E-state index in [0.29, 0.717) is 11.4 Å². The van der Waals surface area contributed by atoms with Crippen molar-refractivity contribution < 1.29 is 5.11 Å². The van der Waals surface area contributed by atoms with Gasteiger partial charge in [-0.1, -0.05) is 19.3 Å². The molecule has 2 fully saturated rings. The van der Waals surface area contributed by atoms with E-state index in [2.05, 4.69) is 30.5 Å². The van der Waals surface area contributed by atoms with Gasteiger partial charge in [-0.3, -0.25) is 0 Å². The average molecular weight is 257 g/mol. The summed E-state index contributed by atoms with van der Waals surface area (Å²) in [4.78, 5) is 2.60. The maximum atomic E-state index is 9.77. The van der Waals surface area contributed by atoms with Gasteiger partial charge in [0.2, 0.25) is 0 Å². The Morgan fingerprint density at radius 3 is 2.47 bits per heavy atom. The van der Waals surface area contributed by atoms with Gasteiger partial charge in [-0.05, 0) is 26.7 Å². The molecule has 1 heterocycles. The molecule has 1 aliphatic carbocycles. The molecule has 0 atom stereocenters. The molecule has 2 rings (SSSR count). The lowest BCUT2D eigenvalue weighted by atomic mass is 9.74. The van der Waals surface area contributed by atoms with Gasteiger partial charge in [0.15, 0.2) is 0 Å². The first kappa shape index (κ1) is 13.7. The molecule has 0 unspecified atom stereocenters. The lowest BCUT2D eigenvalue weighted by Gasteiger charge is -2.44. The zero-order valence-corrected chi connectivity index (χ0v) is 12.2. The minimum Gasteiger partial charge on any atom is -0.396 e. The van der Waals surface area contributed by atoms with Crippen molar-refractivity contribution in [2.75, 3.05) is 32.0 Å². The van der Waals surface area contributed by atoms with Crippen LogP contribution in [0.3, 0.4) is 0 Å². The second-order valence-electron chi connectivity index (χ2n) is 6.54. The highest BCUT2D eigenvalue weighted by atomic mass is 32.2. The third-order valence-corrected chi connectivity index (χ3v) is 5.61. The normalized spacial score (nSPS) is 29.1. The minimum atomic E-state index is 0.219. The Kier molecular flexibility index (Phi) is 4.43. The topological polar surface area (TPSA) is 23.5 Å².